The fourth-order valence-corrected chi connectivity index (χ4v) is 1.79. The van der Waals surface area contributed by atoms with Gasteiger partial charge in [-0.15, -0.1) is 0 Å². The van der Waals surface area contributed by atoms with Crippen LogP contribution >= 0.6 is 0 Å². The van der Waals surface area contributed by atoms with E-state index in [2.05, 4.69) is 0 Å². The van der Waals surface area contributed by atoms with Gasteiger partial charge in [0.15, 0.2) is 5.76 Å². The number of carbonyl (C=O) groups is 1. The highest BCUT2D eigenvalue weighted by molar-refractivity contribution is 5.91. The van der Waals surface area contributed by atoms with Gasteiger partial charge in [0.25, 0.3) is 5.91 Å². The molecule has 1 unspecified atom stereocenters. The standard InChI is InChI=1S/C14H16N2O2/c1-10(11-5-3-6-12(15)9-11)16(2)14(17)13-7-4-8-18-13/h3-10H,15H2,1-2H3. The number of anilines is 1. The largest absolute Gasteiger partial charge is 0.459 e. The Morgan fingerprint density at radius 3 is 2.72 bits per heavy atom. The van der Waals surface area contributed by atoms with Crippen LogP contribution in [0.15, 0.2) is 47.1 Å². The summed E-state index contributed by atoms with van der Waals surface area (Å²) in [7, 11) is 1.75. The van der Waals surface area contributed by atoms with Gasteiger partial charge >= 0.3 is 0 Å². The van der Waals surface area contributed by atoms with Crippen LogP contribution in [0.1, 0.15) is 29.1 Å². The van der Waals surface area contributed by atoms with Crippen molar-refractivity contribution in [1.82, 2.24) is 4.90 Å². The molecule has 0 saturated heterocycles. The molecule has 2 aromatic rings. The van der Waals surface area contributed by atoms with Gasteiger partial charge < -0.3 is 15.1 Å². The number of hydrogen-bond donors (Lipinski definition) is 1. The number of benzene rings is 1. The van der Waals surface area contributed by atoms with Crippen molar-refractivity contribution in [3.8, 4) is 0 Å². The van der Waals surface area contributed by atoms with Crippen molar-refractivity contribution in [2.75, 3.05) is 12.8 Å². The predicted molar refractivity (Wildman–Crippen MR) is 70.1 cm³/mol. The maximum atomic E-state index is 12.1. The SMILES string of the molecule is CC(c1cccc(N)c1)N(C)C(=O)c1ccco1. The second-order valence-corrected chi connectivity index (χ2v) is 4.24. The lowest BCUT2D eigenvalue weighted by molar-refractivity contribution is 0.0710. The highest BCUT2D eigenvalue weighted by Crippen LogP contribution is 2.22. The number of hydrogen-bond acceptors (Lipinski definition) is 3. The van der Waals surface area contributed by atoms with Gasteiger partial charge in [-0.25, -0.2) is 0 Å². The fourth-order valence-electron chi connectivity index (χ4n) is 1.79. The first-order chi connectivity index (χ1) is 8.59. The third-order valence-corrected chi connectivity index (χ3v) is 3.03. The molecule has 0 saturated carbocycles. The quantitative estimate of drug-likeness (QED) is 0.844. The molecule has 18 heavy (non-hydrogen) atoms. The van der Waals surface area contributed by atoms with Gasteiger partial charge in [0.1, 0.15) is 0 Å². The Labute approximate surface area is 106 Å². The lowest BCUT2D eigenvalue weighted by Gasteiger charge is -2.24. The van der Waals surface area contributed by atoms with E-state index in [0.29, 0.717) is 11.4 Å². The molecule has 0 aliphatic heterocycles. The van der Waals surface area contributed by atoms with Crippen LogP contribution in [0.3, 0.4) is 0 Å². The molecule has 0 fully saturated rings. The first-order valence-electron chi connectivity index (χ1n) is 5.75. The van der Waals surface area contributed by atoms with Crippen LogP contribution in [-0.4, -0.2) is 17.9 Å². The summed E-state index contributed by atoms with van der Waals surface area (Å²) in [5.41, 5.74) is 7.44. The van der Waals surface area contributed by atoms with Gasteiger partial charge in [0, 0.05) is 12.7 Å². The third kappa shape index (κ3) is 2.37. The second-order valence-electron chi connectivity index (χ2n) is 4.24. The Kier molecular flexibility index (Phi) is 3.37. The Balaban J connectivity index is 2.18. The van der Waals surface area contributed by atoms with Crippen molar-refractivity contribution < 1.29 is 9.21 Å². The van der Waals surface area contributed by atoms with Gasteiger partial charge in [-0.05, 0) is 36.8 Å². The lowest BCUT2D eigenvalue weighted by atomic mass is 10.1. The molecule has 0 aliphatic carbocycles. The number of nitrogen functional groups attached to an aromatic ring is 1. The van der Waals surface area contributed by atoms with E-state index in [1.807, 2.05) is 31.2 Å². The molecule has 1 aromatic carbocycles. The molecule has 1 atom stereocenters. The number of nitrogens with two attached hydrogens (primary N) is 1. The monoisotopic (exact) mass is 244 g/mol. The van der Waals surface area contributed by atoms with Crippen molar-refractivity contribution in [3.05, 3.63) is 54.0 Å². The summed E-state index contributed by atoms with van der Waals surface area (Å²) >= 11 is 0. The number of rotatable bonds is 3. The van der Waals surface area contributed by atoms with E-state index in [1.54, 1.807) is 24.1 Å². The minimum atomic E-state index is -0.144. The van der Waals surface area contributed by atoms with Gasteiger partial charge in [-0.3, -0.25) is 4.79 Å². The van der Waals surface area contributed by atoms with Crippen molar-refractivity contribution in [1.29, 1.82) is 0 Å². The van der Waals surface area contributed by atoms with Crippen molar-refractivity contribution in [2.45, 2.75) is 13.0 Å². The zero-order valence-corrected chi connectivity index (χ0v) is 10.5. The van der Waals surface area contributed by atoms with E-state index >= 15 is 0 Å². The van der Waals surface area contributed by atoms with Gasteiger partial charge in [-0.1, -0.05) is 12.1 Å². The summed E-state index contributed by atoms with van der Waals surface area (Å²) in [4.78, 5) is 13.7. The Morgan fingerprint density at radius 2 is 2.11 bits per heavy atom. The second kappa shape index (κ2) is 4.96. The minimum absolute atomic E-state index is 0.0638. The van der Waals surface area contributed by atoms with E-state index < -0.39 is 0 Å². The van der Waals surface area contributed by atoms with Crippen LogP contribution < -0.4 is 5.73 Å². The van der Waals surface area contributed by atoms with Crippen molar-refractivity contribution >= 4 is 11.6 Å². The molecule has 4 heteroatoms. The smallest absolute Gasteiger partial charge is 0.289 e. The number of amides is 1. The van der Waals surface area contributed by atoms with Gasteiger partial charge in [-0.2, -0.15) is 0 Å². The lowest BCUT2D eigenvalue weighted by Crippen LogP contribution is -2.29. The molecule has 0 radical (unpaired) electrons. The maximum absolute atomic E-state index is 12.1. The van der Waals surface area contributed by atoms with E-state index in [9.17, 15) is 4.79 Å². The summed E-state index contributed by atoms with van der Waals surface area (Å²) in [6.45, 7) is 1.95. The van der Waals surface area contributed by atoms with E-state index in [-0.39, 0.29) is 11.9 Å². The predicted octanol–water partition coefficient (Wildman–Crippen LogP) is 2.70. The molecule has 1 heterocycles. The van der Waals surface area contributed by atoms with Crippen LogP contribution in [-0.2, 0) is 0 Å². The van der Waals surface area contributed by atoms with Gasteiger partial charge in [0.05, 0.1) is 12.3 Å². The fraction of sp³-hybridized carbons (Fsp3) is 0.214. The minimum Gasteiger partial charge on any atom is -0.459 e. The Bertz CT molecular complexity index is 534. The zero-order chi connectivity index (χ0) is 13.1. The molecular weight excluding hydrogens is 228 g/mol. The van der Waals surface area contributed by atoms with Crippen molar-refractivity contribution in [3.63, 3.8) is 0 Å². The Hall–Kier alpha value is -2.23. The maximum Gasteiger partial charge on any atom is 0.289 e. The molecular formula is C14H16N2O2. The summed E-state index contributed by atoms with van der Waals surface area (Å²) in [6, 6.07) is 10.8. The Morgan fingerprint density at radius 1 is 1.33 bits per heavy atom. The molecule has 2 rings (SSSR count). The number of nitrogens with zero attached hydrogens (tertiary/aromatic N) is 1. The molecule has 94 valence electrons. The third-order valence-electron chi connectivity index (χ3n) is 3.03. The summed E-state index contributed by atoms with van der Waals surface area (Å²) < 4.78 is 5.11. The summed E-state index contributed by atoms with van der Waals surface area (Å²) in [5.74, 6) is 0.197. The molecule has 1 amide bonds. The van der Waals surface area contributed by atoms with Crippen LogP contribution in [0.5, 0.6) is 0 Å². The van der Waals surface area contributed by atoms with E-state index in [1.165, 1.54) is 6.26 Å². The topological polar surface area (TPSA) is 59.5 Å². The van der Waals surface area contributed by atoms with Crippen LogP contribution in [0.4, 0.5) is 5.69 Å². The average Bonchev–Trinajstić information content (AvgIpc) is 2.90. The first kappa shape index (κ1) is 12.2. The molecule has 0 aliphatic rings. The van der Waals surface area contributed by atoms with E-state index in [0.717, 1.165) is 5.56 Å². The first-order valence-corrected chi connectivity index (χ1v) is 5.75. The summed E-state index contributed by atoms with van der Waals surface area (Å²) in [5, 5.41) is 0. The normalized spacial score (nSPS) is 12.1. The molecule has 4 nitrogen and oxygen atoms in total. The highest BCUT2D eigenvalue weighted by Gasteiger charge is 2.20. The van der Waals surface area contributed by atoms with Crippen LogP contribution in [0, 0.1) is 0 Å². The number of carbonyl (C=O) groups excluding carboxylic acids is 1. The van der Waals surface area contributed by atoms with Gasteiger partial charge in [0.2, 0.25) is 0 Å². The molecule has 2 N–H and O–H groups in total. The zero-order valence-electron chi connectivity index (χ0n) is 10.5. The average molecular weight is 244 g/mol. The molecule has 0 bridgehead atoms. The number of furan rings is 1. The van der Waals surface area contributed by atoms with Crippen LogP contribution in [0.2, 0.25) is 0 Å². The van der Waals surface area contributed by atoms with Crippen LogP contribution in [0.25, 0.3) is 0 Å². The van der Waals surface area contributed by atoms with Crippen molar-refractivity contribution in [2.24, 2.45) is 0 Å². The summed E-state index contributed by atoms with van der Waals surface area (Å²) in [6.07, 6.45) is 1.49. The molecule has 0 spiro atoms. The molecule has 1 aromatic heterocycles. The highest BCUT2D eigenvalue weighted by atomic mass is 16.3. The van der Waals surface area contributed by atoms with E-state index in [4.69, 9.17) is 10.2 Å².